The van der Waals surface area contributed by atoms with Gasteiger partial charge in [0.2, 0.25) is 11.6 Å². The molecule has 0 amide bonds. The number of Topliss-reactive ketones (excluding diaryl/α,β-unsaturated/α-hetero) is 2. The fraction of sp³-hybridized carbons (Fsp3) is 0.727. The predicted octanol–water partition coefficient (Wildman–Crippen LogP) is 2.38. The summed E-state index contributed by atoms with van der Waals surface area (Å²) in [4.78, 5) is 23.0. The van der Waals surface area contributed by atoms with Crippen molar-refractivity contribution >= 4 is 17.3 Å². The minimum Gasteiger partial charge on any atom is -0.309 e. The van der Waals surface area contributed by atoms with E-state index in [9.17, 15) is 9.59 Å². The molecule has 0 heterocycles. The molecule has 0 aromatic carbocycles. The van der Waals surface area contributed by atoms with Crippen LogP contribution in [0.3, 0.4) is 0 Å². The molecule has 3 nitrogen and oxygen atoms in total. The Morgan fingerprint density at radius 2 is 1.71 bits per heavy atom. The number of hydrogen-bond donors (Lipinski definition) is 1. The minimum atomic E-state index is -0.578. The first kappa shape index (κ1) is 13.0. The quantitative estimate of drug-likeness (QED) is 0.525. The first-order chi connectivity index (χ1) is 6.35. The van der Waals surface area contributed by atoms with Crippen molar-refractivity contribution in [3.8, 4) is 0 Å². The van der Waals surface area contributed by atoms with Gasteiger partial charge in [0.1, 0.15) is 0 Å². The van der Waals surface area contributed by atoms with Gasteiger partial charge in [0, 0.05) is 11.1 Å². The van der Waals surface area contributed by atoms with E-state index in [-0.39, 0.29) is 12.2 Å². The van der Waals surface area contributed by atoms with Gasteiger partial charge in [-0.25, -0.2) is 0 Å². The minimum absolute atomic E-state index is 0.0151. The van der Waals surface area contributed by atoms with Crippen molar-refractivity contribution in [2.24, 2.45) is 5.41 Å². The van der Waals surface area contributed by atoms with Gasteiger partial charge in [0.25, 0.3) is 0 Å². The smallest absolute Gasteiger partial charge is 0.204 e. The molecule has 0 aromatic rings. The maximum atomic E-state index is 11.6. The van der Waals surface area contributed by atoms with Gasteiger partial charge in [-0.05, 0) is 12.8 Å². The topological polar surface area (TPSA) is 58.0 Å². The van der Waals surface area contributed by atoms with Crippen LogP contribution in [0.4, 0.5) is 0 Å². The van der Waals surface area contributed by atoms with Crippen LogP contribution in [0.2, 0.25) is 0 Å². The third-order valence-electron chi connectivity index (χ3n) is 2.55. The molecule has 3 heteroatoms. The van der Waals surface area contributed by atoms with Gasteiger partial charge < -0.3 is 5.41 Å². The molecule has 0 saturated heterocycles. The lowest BCUT2D eigenvalue weighted by atomic mass is 9.82. The van der Waals surface area contributed by atoms with Gasteiger partial charge in [-0.2, -0.15) is 0 Å². The fourth-order valence-electron chi connectivity index (χ4n) is 0.937. The lowest BCUT2D eigenvalue weighted by molar-refractivity contribution is -0.141. The molecule has 0 atom stereocenters. The van der Waals surface area contributed by atoms with Crippen molar-refractivity contribution in [1.82, 2.24) is 0 Å². The van der Waals surface area contributed by atoms with Crippen molar-refractivity contribution in [3.63, 3.8) is 0 Å². The zero-order valence-electron chi connectivity index (χ0n) is 9.44. The number of ketones is 2. The van der Waals surface area contributed by atoms with Gasteiger partial charge in [-0.15, -0.1) is 0 Å². The standard InChI is InChI=1S/C11H19NO2/c1-5-8(12)7-9(13)10(14)11(3,4)6-2/h12H,5-7H2,1-4H3. The summed E-state index contributed by atoms with van der Waals surface area (Å²) in [6.07, 6.45) is 1.17. The highest BCUT2D eigenvalue weighted by Gasteiger charge is 2.30. The maximum absolute atomic E-state index is 11.6. The summed E-state index contributed by atoms with van der Waals surface area (Å²) in [6, 6.07) is 0. The number of nitrogens with one attached hydrogen (secondary N) is 1. The number of carbonyl (C=O) groups is 2. The van der Waals surface area contributed by atoms with Crippen LogP contribution < -0.4 is 0 Å². The van der Waals surface area contributed by atoms with Gasteiger partial charge in [-0.3, -0.25) is 9.59 Å². The molecule has 0 bridgehead atoms. The Hall–Kier alpha value is -0.990. The lowest BCUT2D eigenvalue weighted by Gasteiger charge is -2.19. The molecule has 0 aromatic heterocycles. The van der Waals surface area contributed by atoms with E-state index in [4.69, 9.17) is 5.41 Å². The lowest BCUT2D eigenvalue weighted by Crippen LogP contribution is -2.31. The van der Waals surface area contributed by atoms with Crippen LogP contribution in [-0.4, -0.2) is 17.3 Å². The van der Waals surface area contributed by atoms with E-state index in [1.807, 2.05) is 13.8 Å². The zero-order valence-corrected chi connectivity index (χ0v) is 9.44. The summed E-state index contributed by atoms with van der Waals surface area (Å²) < 4.78 is 0. The van der Waals surface area contributed by atoms with Gasteiger partial charge in [-0.1, -0.05) is 27.7 Å². The largest absolute Gasteiger partial charge is 0.309 e. The zero-order chi connectivity index (χ0) is 11.4. The summed E-state index contributed by atoms with van der Waals surface area (Å²) in [7, 11) is 0. The van der Waals surface area contributed by atoms with E-state index in [1.54, 1.807) is 13.8 Å². The Kier molecular flexibility index (Phi) is 4.68. The van der Waals surface area contributed by atoms with E-state index in [0.29, 0.717) is 18.6 Å². The Bertz CT molecular complexity index is 254. The molecule has 1 N–H and O–H groups in total. The summed E-state index contributed by atoms with van der Waals surface area (Å²) in [5.41, 5.74) is -0.249. The fourth-order valence-corrected chi connectivity index (χ4v) is 0.937. The molecule has 0 saturated carbocycles. The van der Waals surface area contributed by atoms with E-state index in [1.165, 1.54) is 0 Å². The average molecular weight is 197 g/mol. The van der Waals surface area contributed by atoms with Crippen molar-refractivity contribution in [3.05, 3.63) is 0 Å². The number of carbonyl (C=O) groups excluding carboxylic acids is 2. The second-order valence-corrected chi connectivity index (χ2v) is 4.12. The molecule has 0 aliphatic heterocycles. The molecule has 0 fully saturated rings. The van der Waals surface area contributed by atoms with Crippen LogP contribution in [0.15, 0.2) is 0 Å². The molecular formula is C11H19NO2. The molecule has 0 rings (SSSR count). The van der Waals surface area contributed by atoms with Crippen molar-refractivity contribution < 1.29 is 9.59 Å². The highest BCUT2D eigenvalue weighted by atomic mass is 16.2. The molecule has 0 aliphatic rings. The average Bonchev–Trinajstić information content (AvgIpc) is 2.16. The Morgan fingerprint density at radius 3 is 2.07 bits per heavy atom. The summed E-state index contributed by atoms with van der Waals surface area (Å²) in [6.45, 7) is 7.23. The van der Waals surface area contributed by atoms with E-state index in [2.05, 4.69) is 0 Å². The molecule has 0 aliphatic carbocycles. The first-order valence-electron chi connectivity index (χ1n) is 4.99. The van der Waals surface area contributed by atoms with Crippen molar-refractivity contribution in [2.45, 2.75) is 47.0 Å². The Morgan fingerprint density at radius 1 is 1.21 bits per heavy atom. The highest BCUT2D eigenvalue weighted by molar-refractivity contribution is 6.41. The number of rotatable bonds is 6. The third kappa shape index (κ3) is 3.40. The van der Waals surface area contributed by atoms with Crippen LogP contribution >= 0.6 is 0 Å². The van der Waals surface area contributed by atoms with Crippen LogP contribution in [-0.2, 0) is 9.59 Å². The third-order valence-corrected chi connectivity index (χ3v) is 2.55. The monoisotopic (exact) mass is 197 g/mol. The molecule has 14 heavy (non-hydrogen) atoms. The Balaban J connectivity index is 4.41. The molecule has 0 unspecified atom stereocenters. The first-order valence-corrected chi connectivity index (χ1v) is 4.99. The molecule has 80 valence electrons. The normalized spacial score (nSPS) is 11.1. The maximum Gasteiger partial charge on any atom is 0.204 e. The van der Waals surface area contributed by atoms with E-state index < -0.39 is 11.2 Å². The van der Waals surface area contributed by atoms with Crippen LogP contribution in [0.25, 0.3) is 0 Å². The second kappa shape index (κ2) is 5.03. The molecular weight excluding hydrogens is 178 g/mol. The van der Waals surface area contributed by atoms with Gasteiger partial charge in [0.15, 0.2) is 0 Å². The van der Waals surface area contributed by atoms with Crippen molar-refractivity contribution in [1.29, 1.82) is 5.41 Å². The summed E-state index contributed by atoms with van der Waals surface area (Å²) in [5.74, 6) is -0.776. The van der Waals surface area contributed by atoms with Gasteiger partial charge >= 0.3 is 0 Å². The predicted molar refractivity (Wildman–Crippen MR) is 56.7 cm³/mol. The van der Waals surface area contributed by atoms with Crippen LogP contribution in [0.1, 0.15) is 47.0 Å². The van der Waals surface area contributed by atoms with Crippen LogP contribution in [0.5, 0.6) is 0 Å². The van der Waals surface area contributed by atoms with Crippen molar-refractivity contribution in [2.75, 3.05) is 0 Å². The summed E-state index contributed by atoms with van der Waals surface area (Å²) in [5, 5.41) is 7.35. The molecule has 0 radical (unpaired) electrons. The van der Waals surface area contributed by atoms with Gasteiger partial charge in [0.05, 0.1) is 6.42 Å². The SMILES string of the molecule is CCC(=N)CC(=O)C(=O)C(C)(C)CC. The summed E-state index contributed by atoms with van der Waals surface area (Å²) >= 11 is 0. The van der Waals surface area contributed by atoms with E-state index >= 15 is 0 Å². The highest BCUT2D eigenvalue weighted by Crippen LogP contribution is 2.21. The number of hydrogen-bond acceptors (Lipinski definition) is 3. The molecule has 0 spiro atoms. The van der Waals surface area contributed by atoms with E-state index in [0.717, 1.165) is 0 Å². The van der Waals surface area contributed by atoms with Crippen LogP contribution in [0, 0.1) is 10.8 Å². The Labute approximate surface area is 85.4 Å². The second-order valence-electron chi connectivity index (χ2n) is 4.12.